The Kier molecular flexibility index (Phi) is 5.67. The van der Waals surface area contributed by atoms with Gasteiger partial charge in [0.25, 0.3) is 0 Å². The first-order chi connectivity index (χ1) is 15.9. The summed E-state index contributed by atoms with van der Waals surface area (Å²) in [5.74, 6) is 1.66. The average molecular weight is 414 g/mol. The molecule has 0 N–H and O–H groups in total. The molecule has 0 aromatic heterocycles. The van der Waals surface area contributed by atoms with Crippen LogP contribution in [-0.4, -0.2) is 0 Å². The second kappa shape index (κ2) is 9.23. The minimum absolute atomic E-state index is 0.827. The molecule has 0 unspecified atom stereocenters. The zero-order valence-electron chi connectivity index (χ0n) is 17.6. The summed E-state index contributed by atoms with van der Waals surface area (Å²) in [6, 6.07) is 47.6. The monoisotopic (exact) mass is 413 g/mol. The van der Waals surface area contributed by atoms with Gasteiger partial charge in [-0.3, -0.25) is 0 Å². The Labute approximate surface area is 189 Å². The summed E-state index contributed by atoms with van der Waals surface area (Å²) in [6.45, 7) is 0. The summed E-state index contributed by atoms with van der Waals surface area (Å²) in [5, 5.41) is 0. The lowest BCUT2D eigenvalue weighted by Crippen LogP contribution is -2.09. The smallest absolute Gasteiger partial charge is 0.128 e. The maximum Gasteiger partial charge on any atom is 0.128 e. The van der Waals surface area contributed by atoms with E-state index in [0.29, 0.717) is 0 Å². The van der Waals surface area contributed by atoms with E-state index < -0.39 is 0 Å². The van der Waals surface area contributed by atoms with E-state index in [2.05, 4.69) is 89.8 Å². The molecule has 0 amide bonds. The molecule has 0 aliphatic carbocycles. The van der Waals surface area contributed by atoms with Crippen molar-refractivity contribution < 1.29 is 4.74 Å². The number of hydrogen-bond donors (Lipinski definition) is 0. The Hall–Kier alpha value is -4.30. The van der Waals surface area contributed by atoms with E-state index in [1.807, 2.05) is 54.6 Å². The van der Waals surface area contributed by atoms with E-state index in [9.17, 15) is 0 Å². The van der Waals surface area contributed by atoms with E-state index in [4.69, 9.17) is 4.74 Å². The number of hydrogen-bond acceptors (Lipinski definition) is 2. The van der Waals surface area contributed by atoms with Gasteiger partial charge in [0.2, 0.25) is 0 Å². The number of rotatable bonds is 6. The maximum absolute atomic E-state index is 6.01. The Morgan fingerprint density at radius 2 is 0.875 bits per heavy atom. The van der Waals surface area contributed by atoms with Gasteiger partial charge < -0.3 is 9.64 Å². The first-order valence-corrected chi connectivity index (χ1v) is 10.7. The fourth-order valence-electron chi connectivity index (χ4n) is 3.77. The topological polar surface area (TPSA) is 12.5 Å². The Morgan fingerprint density at radius 3 is 1.47 bits per heavy atom. The fraction of sp³-hybridized carbons (Fsp3) is 0. The Bertz CT molecular complexity index is 1230. The van der Waals surface area contributed by atoms with Crippen molar-refractivity contribution in [3.63, 3.8) is 0 Å². The summed E-state index contributed by atoms with van der Waals surface area (Å²) in [5.41, 5.74) is 5.64. The van der Waals surface area contributed by atoms with E-state index in [-0.39, 0.29) is 0 Å². The van der Waals surface area contributed by atoms with Crippen LogP contribution >= 0.6 is 0 Å². The van der Waals surface area contributed by atoms with Crippen molar-refractivity contribution in [1.82, 2.24) is 0 Å². The van der Waals surface area contributed by atoms with Crippen LogP contribution in [0.3, 0.4) is 0 Å². The van der Waals surface area contributed by atoms with Gasteiger partial charge in [-0.15, -0.1) is 0 Å². The summed E-state index contributed by atoms with van der Waals surface area (Å²) in [7, 11) is 0. The molecule has 0 bridgehead atoms. The van der Waals surface area contributed by atoms with Crippen molar-refractivity contribution in [2.45, 2.75) is 0 Å². The predicted octanol–water partition coefficient (Wildman–Crippen LogP) is 8.62. The van der Waals surface area contributed by atoms with Crippen molar-refractivity contribution in [3.05, 3.63) is 140 Å². The second-order valence-electron chi connectivity index (χ2n) is 7.50. The van der Waals surface area contributed by atoms with Crippen molar-refractivity contribution in [1.29, 1.82) is 0 Å². The van der Waals surface area contributed by atoms with E-state index in [0.717, 1.165) is 39.7 Å². The first kappa shape index (κ1) is 19.7. The summed E-state index contributed by atoms with van der Waals surface area (Å²) in [4.78, 5) is 2.26. The zero-order valence-corrected chi connectivity index (χ0v) is 17.6. The minimum Gasteiger partial charge on any atom is -0.457 e. The molecule has 0 heterocycles. The molecule has 0 fully saturated rings. The third-order valence-electron chi connectivity index (χ3n) is 5.30. The molecule has 2 nitrogen and oxygen atoms in total. The van der Waals surface area contributed by atoms with E-state index in [1.165, 1.54) is 0 Å². The quantitative estimate of drug-likeness (QED) is 0.276. The number of nitrogens with zero attached hydrogens (tertiary/aromatic N) is 1. The van der Waals surface area contributed by atoms with Crippen LogP contribution in [0.5, 0.6) is 11.5 Å². The van der Waals surface area contributed by atoms with Crippen molar-refractivity contribution in [2.75, 3.05) is 4.90 Å². The van der Waals surface area contributed by atoms with Gasteiger partial charge in [-0.05, 0) is 71.8 Å². The Balaban J connectivity index is 1.45. The van der Waals surface area contributed by atoms with Crippen LogP contribution in [0.15, 0.2) is 140 Å². The standard InChI is InChI=1S/C30H23NO/c1-4-12-26(13-5-1)31(27-14-6-2-7-15-27)28-21-19-24(20-22-28)25-11-10-18-30(23-25)32-29-16-8-3-9-17-29/h1-23H. The zero-order chi connectivity index (χ0) is 21.6. The van der Waals surface area contributed by atoms with Crippen LogP contribution in [0, 0.1) is 0 Å². The molecule has 0 saturated heterocycles. The molecular formula is C30H23NO. The molecule has 0 saturated carbocycles. The minimum atomic E-state index is 0.827. The van der Waals surface area contributed by atoms with Crippen LogP contribution in [0.1, 0.15) is 0 Å². The second-order valence-corrected chi connectivity index (χ2v) is 7.50. The van der Waals surface area contributed by atoms with Crippen molar-refractivity contribution in [2.24, 2.45) is 0 Å². The third-order valence-corrected chi connectivity index (χ3v) is 5.30. The van der Waals surface area contributed by atoms with Crippen LogP contribution in [-0.2, 0) is 0 Å². The van der Waals surface area contributed by atoms with E-state index in [1.54, 1.807) is 0 Å². The molecule has 0 spiro atoms. The molecule has 2 heteroatoms. The summed E-state index contributed by atoms with van der Waals surface area (Å²) in [6.07, 6.45) is 0. The molecule has 154 valence electrons. The molecule has 0 atom stereocenters. The fourth-order valence-corrected chi connectivity index (χ4v) is 3.77. The number of para-hydroxylation sites is 3. The highest BCUT2D eigenvalue weighted by Gasteiger charge is 2.12. The summed E-state index contributed by atoms with van der Waals surface area (Å²) < 4.78 is 6.01. The first-order valence-electron chi connectivity index (χ1n) is 10.7. The SMILES string of the molecule is c1ccc(Oc2cccc(-c3ccc(N(c4ccccc4)c4ccccc4)cc3)c2)cc1. The third kappa shape index (κ3) is 4.40. The lowest BCUT2D eigenvalue weighted by atomic mass is 10.0. The largest absolute Gasteiger partial charge is 0.457 e. The van der Waals surface area contributed by atoms with Gasteiger partial charge >= 0.3 is 0 Å². The van der Waals surface area contributed by atoms with Crippen LogP contribution in [0.25, 0.3) is 11.1 Å². The molecule has 0 radical (unpaired) electrons. The molecule has 5 aromatic rings. The van der Waals surface area contributed by atoms with Crippen LogP contribution in [0.4, 0.5) is 17.1 Å². The van der Waals surface area contributed by atoms with Crippen LogP contribution < -0.4 is 9.64 Å². The van der Waals surface area contributed by atoms with Gasteiger partial charge in [-0.25, -0.2) is 0 Å². The highest BCUT2D eigenvalue weighted by molar-refractivity contribution is 5.78. The van der Waals surface area contributed by atoms with Gasteiger partial charge in [0.15, 0.2) is 0 Å². The number of anilines is 3. The molecule has 0 aliphatic rings. The normalized spacial score (nSPS) is 10.5. The molecule has 0 aliphatic heterocycles. The van der Waals surface area contributed by atoms with Crippen molar-refractivity contribution >= 4 is 17.1 Å². The maximum atomic E-state index is 6.01. The van der Waals surface area contributed by atoms with E-state index >= 15 is 0 Å². The summed E-state index contributed by atoms with van der Waals surface area (Å²) >= 11 is 0. The van der Waals surface area contributed by atoms with Gasteiger partial charge in [-0.1, -0.05) is 78.9 Å². The van der Waals surface area contributed by atoms with Crippen LogP contribution in [0.2, 0.25) is 0 Å². The van der Waals surface area contributed by atoms with Gasteiger partial charge in [0, 0.05) is 17.1 Å². The van der Waals surface area contributed by atoms with Crippen molar-refractivity contribution in [3.8, 4) is 22.6 Å². The predicted molar refractivity (Wildman–Crippen MR) is 133 cm³/mol. The molecule has 5 aromatic carbocycles. The highest BCUT2D eigenvalue weighted by atomic mass is 16.5. The van der Waals surface area contributed by atoms with Gasteiger partial charge in [0.05, 0.1) is 0 Å². The highest BCUT2D eigenvalue weighted by Crippen LogP contribution is 2.35. The molecule has 5 rings (SSSR count). The lowest BCUT2D eigenvalue weighted by Gasteiger charge is -2.25. The average Bonchev–Trinajstić information content (AvgIpc) is 2.87. The molecular weight excluding hydrogens is 390 g/mol. The number of benzene rings is 5. The van der Waals surface area contributed by atoms with Gasteiger partial charge in [0.1, 0.15) is 11.5 Å². The number of ether oxygens (including phenoxy) is 1. The Morgan fingerprint density at radius 1 is 0.375 bits per heavy atom. The van der Waals surface area contributed by atoms with Gasteiger partial charge in [-0.2, -0.15) is 0 Å². The molecule has 32 heavy (non-hydrogen) atoms. The lowest BCUT2D eigenvalue weighted by molar-refractivity contribution is 0.483.